The Hall–Kier alpha value is -2.99. The molecule has 6 heteroatoms. The van der Waals surface area contributed by atoms with Gasteiger partial charge in [-0.2, -0.15) is 0 Å². The van der Waals surface area contributed by atoms with Gasteiger partial charge in [0.25, 0.3) is 0 Å². The first-order valence-electron chi connectivity index (χ1n) is 11.0. The monoisotopic (exact) mass is 416 g/mol. The Labute approximate surface area is 180 Å². The summed E-state index contributed by atoms with van der Waals surface area (Å²) in [4.78, 5) is 18.4. The summed E-state index contributed by atoms with van der Waals surface area (Å²) in [7, 11) is 4.03. The zero-order valence-electron chi connectivity index (χ0n) is 17.9. The van der Waals surface area contributed by atoms with E-state index in [1.807, 2.05) is 11.6 Å². The number of rotatable bonds is 4. The summed E-state index contributed by atoms with van der Waals surface area (Å²) in [5.41, 5.74) is 6.45. The fourth-order valence-electron chi connectivity index (χ4n) is 5.12. The summed E-state index contributed by atoms with van der Waals surface area (Å²) >= 11 is 0. The molecule has 31 heavy (non-hydrogen) atoms. The maximum atomic E-state index is 14.8. The van der Waals surface area contributed by atoms with Crippen molar-refractivity contribution in [2.45, 2.75) is 32.4 Å². The molecule has 1 fully saturated rings. The predicted octanol–water partition coefficient (Wildman–Crippen LogP) is 4.54. The summed E-state index contributed by atoms with van der Waals surface area (Å²) in [6.07, 6.45) is 4.23. The number of imidazole rings is 1. The Bertz CT molecular complexity index is 1360. The summed E-state index contributed by atoms with van der Waals surface area (Å²) in [5, 5.41) is 1.22. The number of fused-ring (bicyclic) bond motifs is 4. The van der Waals surface area contributed by atoms with Gasteiger partial charge in [0.1, 0.15) is 17.6 Å². The first-order valence-corrected chi connectivity index (χ1v) is 11.0. The standard InChI is InChI=1S/C25H25FN4O/c1-28-8-7-19-18(13-28)6-5-17-11-22(30(23(17)19)12-15-3-4-15)25-27-21-10-16(14-31)9-20(26)24(21)29(25)2/h5-6,9-11,14-15H,3-4,7-8,12-13H2,1-2H3. The van der Waals surface area contributed by atoms with Crippen LogP contribution in [-0.4, -0.2) is 38.9 Å². The summed E-state index contributed by atoms with van der Waals surface area (Å²) in [6, 6.07) is 9.63. The zero-order chi connectivity index (χ0) is 21.3. The van der Waals surface area contributed by atoms with Crippen LogP contribution in [0, 0.1) is 11.7 Å². The van der Waals surface area contributed by atoms with Crippen LogP contribution in [0.25, 0.3) is 33.5 Å². The van der Waals surface area contributed by atoms with Crippen molar-refractivity contribution in [3.05, 3.63) is 52.8 Å². The van der Waals surface area contributed by atoms with Gasteiger partial charge in [-0.25, -0.2) is 9.37 Å². The molecule has 1 saturated carbocycles. The molecule has 0 spiro atoms. The average molecular weight is 417 g/mol. The molecule has 1 aliphatic heterocycles. The molecule has 0 amide bonds. The summed E-state index contributed by atoms with van der Waals surface area (Å²) < 4.78 is 19.0. The van der Waals surface area contributed by atoms with Crippen LogP contribution in [0.2, 0.25) is 0 Å². The second-order valence-electron chi connectivity index (χ2n) is 9.20. The van der Waals surface area contributed by atoms with Crippen molar-refractivity contribution in [3.63, 3.8) is 0 Å². The van der Waals surface area contributed by atoms with Gasteiger partial charge >= 0.3 is 0 Å². The molecule has 3 heterocycles. The van der Waals surface area contributed by atoms with E-state index in [9.17, 15) is 9.18 Å². The SMILES string of the molecule is CN1CCc2c(ccc3cc(-c4nc5cc(C=O)cc(F)c5n4C)n(CC4CC4)c23)C1. The number of aromatic nitrogens is 3. The predicted molar refractivity (Wildman–Crippen MR) is 120 cm³/mol. The van der Waals surface area contributed by atoms with Crippen molar-refractivity contribution in [3.8, 4) is 11.5 Å². The van der Waals surface area contributed by atoms with Crippen LogP contribution >= 0.6 is 0 Å². The number of hydrogen-bond donors (Lipinski definition) is 0. The topological polar surface area (TPSA) is 43.1 Å². The van der Waals surface area contributed by atoms with Crippen molar-refractivity contribution < 1.29 is 9.18 Å². The summed E-state index contributed by atoms with van der Waals surface area (Å²) in [5.74, 6) is 1.03. The maximum Gasteiger partial charge on any atom is 0.157 e. The molecule has 0 saturated heterocycles. The number of likely N-dealkylation sites (N-methyl/N-ethyl adjacent to an activating group) is 1. The Morgan fingerprint density at radius 2 is 2.00 bits per heavy atom. The highest BCUT2D eigenvalue weighted by molar-refractivity contribution is 5.92. The smallest absolute Gasteiger partial charge is 0.157 e. The number of aryl methyl sites for hydroxylation is 1. The molecular formula is C25H25FN4O. The van der Waals surface area contributed by atoms with E-state index in [1.54, 1.807) is 6.07 Å². The molecule has 0 atom stereocenters. The molecule has 158 valence electrons. The number of carbonyl (C=O) groups is 1. The van der Waals surface area contributed by atoms with Crippen LogP contribution in [-0.2, 0) is 26.6 Å². The molecule has 0 unspecified atom stereocenters. The molecule has 0 N–H and O–H groups in total. The third-order valence-electron chi connectivity index (χ3n) is 6.90. The summed E-state index contributed by atoms with van der Waals surface area (Å²) in [6.45, 7) is 3.00. The molecule has 2 aromatic heterocycles. The molecule has 4 aromatic rings. The Balaban J connectivity index is 1.62. The fraction of sp³-hybridized carbons (Fsp3) is 0.360. The van der Waals surface area contributed by atoms with Gasteiger partial charge in [0.2, 0.25) is 0 Å². The van der Waals surface area contributed by atoms with E-state index in [-0.39, 0.29) is 0 Å². The van der Waals surface area contributed by atoms with Gasteiger partial charge in [-0.3, -0.25) is 4.79 Å². The molecule has 5 nitrogen and oxygen atoms in total. The number of benzene rings is 2. The highest BCUT2D eigenvalue weighted by atomic mass is 19.1. The quantitative estimate of drug-likeness (QED) is 0.459. The third-order valence-corrected chi connectivity index (χ3v) is 6.90. The van der Waals surface area contributed by atoms with E-state index in [2.05, 4.69) is 34.7 Å². The largest absolute Gasteiger partial charge is 0.337 e. The first-order chi connectivity index (χ1) is 15.0. The molecular weight excluding hydrogens is 391 g/mol. The van der Waals surface area contributed by atoms with Crippen molar-refractivity contribution in [2.24, 2.45) is 13.0 Å². The van der Waals surface area contributed by atoms with Crippen molar-refractivity contribution in [1.29, 1.82) is 0 Å². The van der Waals surface area contributed by atoms with Crippen molar-refractivity contribution in [1.82, 2.24) is 19.0 Å². The van der Waals surface area contributed by atoms with Gasteiger partial charge in [-0.05, 0) is 61.6 Å². The minimum atomic E-state index is -0.411. The van der Waals surface area contributed by atoms with Gasteiger partial charge in [-0.1, -0.05) is 12.1 Å². The minimum Gasteiger partial charge on any atom is -0.337 e. The fourth-order valence-corrected chi connectivity index (χ4v) is 5.12. The van der Waals surface area contributed by atoms with Crippen LogP contribution in [0.15, 0.2) is 30.3 Å². The third kappa shape index (κ3) is 2.92. The molecule has 1 aliphatic carbocycles. The highest BCUT2D eigenvalue weighted by Gasteiger charge is 2.28. The Kier molecular flexibility index (Phi) is 4.09. The number of carbonyl (C=O) groups excluding carboxylic acids is 1. The average Bonchev–Trinajstić information content (AvgIpc) is 3.41. The number of halogens is 1. The van der Waals surface area contributed by atoms with E-state index in [0.29, 0.717) is 28.8 Å². The zero-order valence-corrected chi connectivity index (χ0v) is 17.9. The lowest BCUT2D eigenvalue weighted by molar-refractivity contribution is 0.112. The van der Waals surface area contributed by atoms with Crippen LogP contribution in [0.5, 0.6) is 0 Å². The lowest BCUT2D eigenvalue weighted by Crippen LogP contribution is -2.27. The van der Waals surface area contributed by atoms with Gasteiger partial charge in [0.15, 0.2) is 5.82 Å². The van der Waals surface area contributed by atoms with E-state index < -0.39 is 5.82 Å². The van der Waals surface area contributed by atoms with Gasteiger partial charge in [0, 0.05) is 37.6 Å². The van der Waals surface area contributed by atoms with Crippen LogP contribution < -0.4 is 0 Å². The van der Waals surface area contributed by atoms with Gasteiger partial charge in [0.05, 0.1) is 16.7 Å². The normalized spacial score (nSPS) is 16.9. The Morgan fingerprint density at radius 3 is 2.77 bits per heavy atom. The molecule has 2 aliphatic rings. The lowest BCUT2D eigenvalue weighted by atomic mass is 9.97. The Morgan fingerprint density at radius 1 is 1.16 bits per heavy atom. The van der Waals surface area contributed by atoms with E-state index in [1.165, 1.54) is 40.9 Å². The van der Waals surface area contributed by atoms with Crippen molar-refractivity contribution >= 4 is 28.2 Å². The van der Waals surface area contributed by atoms with Crippen molar-refractivity contribution in [2.75, 3.05) is 13.6 Å². The minimum absolute atomic E-state index is 0.311. The number of aldehydes is 1. The van der Waals surface area contributed by atoms with Gasteiger partial charge in [-0.15, -0.1) is 0 Å². The van der Waals surface area contributed by atoms with Crippen LogP contribution in [0.4, 0.5) is 4.39 Å². The van der Waals surface area contributed by atoms with E-state index >= 15 is 0 Å². The molecule has 2 aromatic carbocycles. The second kappa shape index (κ2) is 6.76. The van der Waals surface area contributed by atoms with Crippen LogP contribution in [0.3, 0.4) is 0 Å². The highest BCUT2D eigenvalue weighted by Crippen LogP contribution is 2.39. The van der Waals surface area contributed by atoms with Gasteiger partial charge < -0.3 is 14.0 Å². The van der Waals surface area contributed by atoms with E-state index in [4.69, 9.17) is 4.98 Å². The molecule has 6 rings (SSSR count). The lowest BCUT2D eigenvalue weighted by Gasteiger charge is -2.26. The molecule has 0 radical (unpaired) electrons. The second-order valence-corrected chi connectivity index (χ2v) is 9.20. The molecule has 0 bridgehead atoms. The maximum absolute atomic E-state index is 14.8. The number of nitrogens with zero attached hydrogens (tertiary/aromatic N) is 4. The number of hydrogen-bond acceptors (Lipinski definition) is 3. The first kappa shape index (κ1) is 18.8. The van der Waals surface area contributed by atoms with Crippen LogP contribution in [0.1, 0.15) is 34.3 Å². The van der Waals surface area contributed by atoms with E-state index in [0.717, 1.165) is 37.6 Å².